The first-order valence-corrected chi connectivity index (χ1v) is 11.0. The number of amides is 1. The zero-order valence-corrected chi connectivity index (χ0v) is 19.0. The van der Waals surface area contributed by atoms with Crippen molar-refractivity contribution < 1.29 is 14.3 Å². The van der Waals surface area contributed by atoms with Crippen LogP contribution in [0.5, 0.6) is 11.5 Å². The van der Waals surface area contributed by atoms with Gasteiger partial charge in [0.2, 0.25) is 5.13 Å². The first-order chi connectivity index (χ1) is 15.5. The van der Waals surface area contributed by atoms with Gasteiger partial charge < -0.3 is 9.47 Å². The zero-order valence-electron chi connectivity index (χ0n) is 18.2. The summed E-state index contributed by atoms with van der Waals surface area (Å²) in [7, 11) is 0. The van der Waals surface area contributed by atoms with Crippen LogP contribution in [0.2, 0.25) is 0 Å². The number of benzene rings is 2. The van der Waals surface area contributed by atoms with Crippen molar-refractivity contribution in [2.24, 2.45) is 0 Å². The fraction of sp³-hybridized carbons (Fsp3) is 0.250. The fourth-order valence-corrected chi connectivity index (χ4v) is 3.59. The molecule has 32 heavy (non-hydrogen) atoms. The number of aromatic nitrogens is 2. The van der Waals surface area contributed by atoms with Gasteiger partial charge in [-0.05, 0) is 55.2 Å². The van der Waals surface area contributed by atoms with Gasteiger partial charge in [0.15, 0.2) is 0 Å². The molecule has 0 saturated carbocycles. The minimum atomic E-state index is -0.518. The molecule has 0 atom stereocenters. The summed E-state index contributed by atoms with van der Waals surface area (Å²) >= 11 is 1.29. The van der Waals surface area contributed by atoms with Crippen molar-refractivity contribution in [3.8, 4) is 17.6 Å². The molecule has 164 valence electrons. The molecule has 1 N–H and O–H groups in total. The molecule has 1 heterocycles. The molecule has 7 nitrogen and oxygen atoms in total. The van der Waals surface area contributed by atoms with Crippen molar-refractivity contribution in [3.05, 3.63) is 69.7 Å². The van der Waals surface area contributed by atoms with Crippen LogP contribution in [0.25, 0.3) is 6.08 Å². The van der Waals surface area contributed by atoms with E-state index in [4.69, 9.17) is 9.47 Å². The lowest BCUT2D eigenvalue weighted by atomic mass is 10.1. The van der Waals surface area contributed by atoms with Crippen molar-refractivity contribution in [3.63, 3.8) is 0 Å². The molecule has 2 aromatic carbocycles. The Hall–Kier alpha value is -3.70. The Morgan fingerprint density at radius 3 is 2.41 bits per heavy atom. The maximum atomic E-state index is 12.4. The van der Waals surface area contributed by atoms with Crippen LogP contribution in [-0.2, 0) is 11.2 Å². The molecule has 8 heteroatoms. The summed E-state index contributed by atoms with van der Waals surface area (Å²) in [5, 5.41) is 21.0. The normalized spacial score (nSPS) is 11.0. The lowest BCUT2D eigenvalue weighted by molar-refractivity contribution is -0.112. The van der Waals surface area contributed by atoms with Crippen LogP contribution in [-0.4, -0.2) is 29.3 Å². The van der Waals surface area contributed by atoms with Gasteiger partial charge >= 0.3 is 0 Å². The molecule has 0 bridgehead atoms. The number of nitrogens with one attached hydrogen (secondary N) is 1. The molecule has 0 saturated heterocycles. The standard InChI is InChI=1S/C24H24N4O3S/c1-4-21-27-28-24(32-21)26-23(29)19(15-25)14-18-8-10-20(11-9-18)30-12-13-31-22-16(2)6-5-7-17(22)3/h5-11,14H,4,12-13H2,1-3H3,(H,26,28,29). The number of anilines is 1. The highest BCUT2D eigenvalue weighted by molar-refractivity contribution is 7.15. The highest BCUT2D eigenvalue weighted by atomic mass is 32.1. The molecule has 1 amide bonds. The maximum Gasteiger partial charge on any atom is 0.268 e. The summed E-state index contributed by atoms with van der Waals surface area (Å²) in [6, 6.07) is 15.1. The van der Waals surface area contributed by atoms with E-state index in [-0.39, 0.29) is 5.57 Å². The van der Waals surface area contributed by atoms with Gasteiger partial charge in [-0.15, -0.1) is 10.2 Å². The van der Waals surface area contributed by atoms with E-state index in [1.54, 1.807) is 24.3 Å². The van der Waals surface area contributed by atoms with E-state index < -0.39 is 5.91 Å². The Balaban J connectivity index is 1.53. The SMILES string of the molecule is CCc1nnc(NC(=O)C(C#N)=Cc2ccc(OCCOc3c(C)cccc3C)cc2)s1. The number of nitriles is 1. The summed E-state index contributed by atoms with van der Waals surface area (Å²) in [4.78, 5) is 12.4. The van der Waals surface area contributed by atoms with Crippen molar-refractivity contribution in [1.82, 2.24) is 10.2 Å². The second-order valence-corrected chi connectivity index (χ2v) is 8.03. The van der Waals surface area contributed by atoms with E-state index in [0.29, 0.717) is 29.7 Å². The minimum absolute atomic E-state index is 0.0195. The van der Waals surface area contributed by atoms with Gasteiger partial charge in [-0.3, -0.25) is 10.1 Å². The quantitative estimate of drug-likeness (QED) is 0.289. The number of rotatable bonds is 9. The van der Waals surface area contributed by atoms with Gasteiger partial charge in [0, 0.05) is 0 Å². The Kier molecular flexibility index (Phi) is 7.95. The monoisotopic (exact) mass is 448 g/mol. The molecule has 0 aliphatic heterocycles. The Morgan fingerprint density at radius 2 is 1.78 bits per heavy atom. The van der Waals surface area contributed by atoms with E-state index in [9.17, 15) is 10.1 Å². The number of carbonyl (C=O) groups excluding carboxylic acids is 1. The third kappa shape index (κ3) is 6.15. The van der Waals surface area contributed by atoms with Crippen molar-refractivity contribution in [1.29, 1.82) is 5.26 Å². The molecule has 0 unspecified atom stereocenters. The highest BCUT2D eigenvalue weighted by Crippen LogP contribution is 2.22. The summed E-state index contributed by atoms with van der Waals surface area (Å²) in [5.41, 5.74) is 2.88. The zero-order chi connectivity index (χ0) is 22.9. The molecule has 0 aliphatic rings. The van der Waals surface area contributed by atoms with Crippen molar-refractivity contribution >= 4 is 28.5 Å². The highest BCUT2D eigenvalue weighted by Gasteiger charge is 2.12. The van der Waals surface area contributed by atoms with Crippen LogP contribution in [0.3, 0.4) is 0 Å². The van der Waals surface area contributed by atoms with Crippen LogP contribution >= 0.6 is 11.3 Å². The molecule has 0 radical (unpaired) electrons. The number of hydrogen-bond donors (Lipinski definition) is 1. The van der Waals surface area contributed by atoms with Gasteiger partial charge in [0.05, 0.1) is 0 Å². The number of para-hydroxylation sites is 1. The largest absolute Gasteiger partial charge is 0.490 e. The number of ether oxygens (including phenoxy) is 2. The molecule has 3 aromatic rings. The second kappa shape index (κ2) is 11.1. The fourth-order valence-electron chi connectivity index (χ4n) is 2.92. The number of aryl methyl sites for hydroxylation is 3. The Morgan fingerprint density at radius 1 is 1.09 bits per heavy atom. The molecular formula is C24H24N4O3S. The first-order valence-electron chi connectivity index (χ1n) is 10.2. The van der Waals surface area contributed by atoms with E-state index in [2.05, 4.69) is 15.5 Å². The Labute approximate surface area is 191 Å². The predicted molar refractivity (Wildman–Crippen MR) is 125 cm³/mol. The average molecular weight is 449 g/mol. The molecular weight excluding hydrogens is 424 g/mol. The number of nitrogens with zero attached hydrogens (tertiary/aromatic N) is 3. The van der Waals surface area contributed by atoms with Gasteiger partial charge in [-0.2, -0.15) is 5.26 Å². The lowest BCUT2D eigenvalue weighted by Gasteiger charge is -2.12. The topological polar surface area (TPSA) is 97.1 Å². The van der Waals surface area contributed by atoms with Crippen molar-refractivity contribution in [2.75, 3.05) is 18.5 Å². The minimum Gasteiger partial charge on any atom is -0.490 e. The third-order valence-electron chi connectivity index (χ3n) is 4.55. The smallest absolute Gasteiger partial charge is 0.268 e. The lowest BCUT2D eigenvalue weighted by Crippen LogP contribution is -2.13. The molecule has 0 aliphatic carbocycles. The van der Waals surface area contributed by atoms with E-state index >= 15 is 0 Å². The second-order valence-electron chi connectivity index (χ2n) is 6.97. The van der Waals surface area contributed by atoms with E-state index in [0.717, 1.165) is 28.3 Å². The summed E-state index contributed by atoms with van der Waals surface area (Å²) in [6.07, 6.45) is 2.26. The number of hydrogen-bond acceptors (Lipinski definition) is 7. The van der Waals surface area contributed by atoms with Crippen LogP contribution in [0, 0.1) is 25.2 Å². The molecule has 0 spiro atoms. The van der Waals surface area contributed by atoms with Gasteiger partial charge in [-0.1, -0.05) is 48.6 Å². The third-order valence-corrected chi connectivity index (χ3v) is 5.54. The average Bonchev–Trinajstić information content (AvgIpc) is 3.25. The maximum absolute atomic E-state index is 12.4. The predicted octanol–water partition coefficient (Wildman–Crippen LogP) is 4.72. The van der Waals surface area contributed by atoms with Crippen LogP contribution in [0.4, 0.5) is 5.13 Å². The summed E-state index contributed by atoms with van der Waals surface area (Å²) < 4.78 is 11.6. The van der Waals surface area contributed by atoms with Gasteiger partial charge in [-0.25, -0.2) is 0 Å². The molecule has 3 rings (SSSR count). The summed E-state index contributed by atoms with van der Waals surface area (Å²) in [5.74, 6) is 1.05. The van der Waals surface area contributed by atoms with Crippen LogP contribution in [0.15, 0.2) is 48.0 Å². The van der Waals surface area contributed by atoms with Gasteiger partial charge in [0.25, 0.3) is 5.91 Å². The molecule has 1 aromatic heterocycles. The number of carbonyl (C=O) groups is 1. The van der Waals surface area contributed by atoms with E-state index in [1.807, 2.05) is 45.0 Å². The summed E-state index contributed by atoms with van der Waals surface area (Å²) in [6.45, 7) is 6.81. The van der Waals surface area contributed by atoms with Gasteiger partial charge in [0.1, 0.15) is 41.4 Å². The van der Waals surface area contributed by atoms with E-state index in [1.165, 1.54) is 17.4 Å². The van der Waals surface area contributed by atoms with Crippen LogP contribution < -0.4 is 14.8 Å². The van der Waals surface area contributed by atoms with Crippen LogP contribution in [0.1, 0.15) is 28.6 Å². The molecule has 0 fully saturated rings. The van der Waals surface area contributed by atoms with Crippen molar-refractivity contribution in [2.45, 2.75) is 27.2 Å². The Bertz CT molecular complexity index is 1130. The first kappa shape index (κ1) is 23.0.